The summed E-state index contributed by atoms with van der Waals surface area (Å²) in [6, 6.07) is 22.7. The van der Waals surface area contributed by atoms with Gasteiger partial charge in [0.1, 0.15) is 18.1 Å². The van der Waals surface area contributed by atoms with E-state index in [0.29, 0.717) is 6.61 Å². The Balaban J connectivity index is 1.62. The Hall–Kier alpha value is -3.53. The van der Waals surface area contributed by atoms with Crippen LogP contribution in [-0.2, 0) is 11.4 Å². The number of ether oxygens (including phenoxy) is 2. The molecule has 37 heavy (non-hydrogen) atoms. The van der Waals surface area contributed by atoms with Crippen molar-refractivity contribution in [2.75, 3.05) is 7.11 Å². The minimum absolute atomic E-state index is 0.00339. The number of carbonyl (C=O) groups is 1. The van der Waals surface area contributed by atoms with Gasteiger partial charge < -0.3 is 14.6 Å². The third-order valence-electron chi connectivity index (χ3n) is 7.39. The van der Waals surface area contributed by atoms with E-state index in [1.165, 1.54) is 16.7 Å². The zero-order valence-electron chi connectivity index (χ0n) is 22.4. The molecule has 0 spiro atoms. The topological polar surface area (TPSA) is 55.8 Å². The van der Waals surface area contributed by atoms with Crippen molar-refractivity contribution < 1.29 is 19.4 Å². The van der Waals surface area contributed by atoms with Crippen LogP contribution in [0.25, 0.3) is 16.7 Å². The molecule has 0 amide bonds. The van der Waals surface area contributed by atoms with Crippen LogP contribution in [0.2, 0.25) is 0 Å². The summed E-state index contributed by atoms with van der Waals surface area (Å²) < 4.78 is 11.7. The molecule has 0 heterocycles. The van der Waals surface area contributed by atoms with Crippen molar-refractivity contribution >= 4 is 11.5 Å². The predicted octanol–water partition coefficient (Wildman–Crippen LogP) is 8.50. The van der Waals surface area contributed by atoms with E-state index in [2.05, 4.69) is 57.2 Å². The van der Waals surface area contributed by atoms with E-state index in [-0.39, 0.29) is 17.8 Å². The number of benzene rings is 3. The number of carboxylic acids is 1. The normalized spacial score (nSPS) is 15.2. The average Bonchev–Trinajstić information content (AvgIpc) is 3.25. The number of rotatable bonds is 11. The van der Waals surface area contributed by atoms with Gasteiger partial charge in [0.2, 0.25) is 0 Å². The largest absolute Gasteiger partial charge is 0.497 e. The van der Waals surface area contributed by atoms with Gasteiger partial charge in [-0.1, -0.05) is 69.7 Å². The first-order valence-electron chi connectivity index (χ1n) is 13.2. The van der Waals surface area contributed by atoms with Crippen LogP contribution >= 0.6 is 0 Å². The molecule has 0 saturated carbocycles. The van der Waals surface area contributed by atoms with Gasteiger partial charge in [-0.25, -0.2) is 0 Å². The highest BCUT2D eigenvalue weighted by Crippen LogP contribution is 2.47. The summed E-state index contributed by atoms with van der Waals surface area (Å²) in [4.78, 5) is 11.4. The molecule has 0 unspecified atom stereocenters. The highest BCUT2D eigenvalue weighted by Gasteiger charge is 2.30. The number of hydrogen-bond donors (Lipinski definition) is 1. The van der Waals surface area contributed by atoms with Crippen molar-refractivity contribution in [3.63, 3.8) is 0 Å². The minimum Gasteiger partial charge on any atom is -0.497 e. The fourth-order valence-corrected chi connectivity index (χ4v) is 5.38. The summed E-state index contributed by atoms with van der Waals surface area (Å²) in [7, 11) is 1.70. The second kappa shape index (κ2) is 11.7. The van der Waals surface area contributed by atoms with Crippen LogP contribution < -0.4 is 9.47 Å². The zero-order chi connectivity index (χ0) is 26.4. The third kappa shape index (κ3) is 6.43. The first-order chi connectivity index (χ1) is 17.8. The van der Waals surface area contributed by atoms with Gasteiger partial charge in [0.25, 0.3) is 0 Å². The minimum atomic E-state index is -0.766. The average molecular weight is 499 g/mol. The Kier molecular flexibility index (Phi) is 8.38. The summed E-state index contributed by atoms with van der Waals surface area (Å²) in [5.41, 5.74) is 7.19. The first kappa shape index (κ1) is 26.5. The van der Waals surface area contributed by atoms with E-state index in [4.69, 9.17) is 9.47 Å². The molecule has 4 nitrogen and oxygen atoms in total. The van der Waals surface area contributed by atoms with E-state index >= 15 is 0 Å². The number of methoxy groups -OCH3 is 1. The Morgan fingerprint density at radius 2 is 1.78 bits per heavy atom. The Bertz CT molecular complexity index is 1270. The number of carboxylic acid groups (broad SMARTS) is 1. The van der Waals surface area contributed by atoms with E-state index in [1.807, 2.05) is 36.4 Å². The Morgan fingerprint density at radius 1 is 1.00 bits per heavy atom. The second-order valence-electron chi connectivity index (χ2n) is 10.6. The molecule has 1 atom stereocenters. The molecule has 0 fully saturated rings. The van der Waals surface area contributed by atoms with Crippen LogP contribution in [0, 0.1) is 5.41 Å². The summed E-state index contributed by atoms with van der Waals surface area (Å²) in [5.74, 6) is 0.844. The zero-order valence-corrected chi connectivity index (χ0v) is 22.4. The fraction of sp³-hybridized carbons (Fsp3) is 0.364. The van der Waals surface area contributed by atoms with Gasteiger partial charge in [-0.15, -0.1) is 0 Å². The number of allylic oxidation sites excluding steroid dienone is 2. The van der Waals surface area contributed by atoms with Crippen molar-refractivity contribution in [1.29, 1.82) is 0 Å². The van der Waals surface area contributed by atoms with Gasteiger partial charge in [-0.2, -0.15) is 0 Å². The van der Waals surface area contributed by atoms with Crippen LogP contribution in [-0.4, -0.2) is 18.2 Å². The molecular weight excluding hydrogens is 460 g/mol. The third-order valence-corrected chi connectivity index (χ3v) is 7.39. The van der Waals surface area contributed by atoms with Crippen molar-refractivity contribution in [3.8, 4) is 22.6 Å². The summed E-state index contributed by atoms with van der Waals surface area (Å²) in [6.45, 7) is 7.17. The predicted molar refractivity (Wildman–Crippen MR) is 150 cm³/mol. The standard InChI is InChI=1S/C33H38O4/c1-5-9-24(21-32(34)35)25-10-6-13-28(19-25)37-22-23-15-16-29(26-11-7-12-27(20-26)36-4)30(18-23)31-14-8-17-33(31,2)3/h6-7,10-16,18-20,24H,5,8-9,17,21-22H2,1-4H3,(H,34,35)/t24-/m0/s1. The molecular formula is C33H38O4. The maximum atomic E-state index is 11.4. The molecule has 0 radical (unpaired) electrons. The SMILES string of the molecule is CCC[C@@H](CC(=O)O)c1cccc(OCc2ccc(-c3cccc(OC)c3)c(C3=CCCC3(C)C)c2)c1. The van der Waals surface area contributed by atoms with Crippen LogP contribution in [0.4, 0.5) is 0 Å². The smallest absolute Gasteiger partial charge is 0.303 e. The van der Waals surface area contributed by atoms with Gasteiger partial charge in [0, 0.05) is 0 Å². The Labute approximate surface area is 221 Å². The maximum Gasteiger partial charge on any atom is 0.303 e. The second-order valence-corrected chi connectivity index (χ2v) is 10.6. The van der Waals surface area contributed by atoms with E-state index in [1.54, 1.807) is 7.11 Å². The molecule has 1 N–H and O–H groups in total. The van der Waals surface area contributed by atoms with Gasteiger partial charge in [-0.05, 0) is 94.3 Å². The van der Waals surface area contributed by atoms with Gasteiger partial charge in [-0.3, -0.25) is 4.79 Å². The first-order valence-corrected chi connectivity index (χ1v) is 13.2. The molecule has 194 valence electrons. The van der Waals surface area contributed by atoms with Crippen molar-refractivity contribution in [1.82, 2.24) is 0 Å². The number of hydrogen-bond acceptors (Lipinski definition) is 3. The molecule has 1 aliphatic carbocycles. The van der Waals surface area contributed by atoms with Crippen molar-refractivity contribution in [3.05, 3.63) is 89.5 Å². The summed E-state index contributed by atoms with van der Waals surface area (Å²) >= 11 is 0. The van der Waals surface area contributed by atoms with Crippen LogP contribution in [0.15, 0.2) is 72.8 Å². The van der Waals surface area contributed by atoms with Gasteiger partial charge in [0.05, 0.1) is 13.5 Å². The molecule has 0 bridgehead atoms. The molecule has 0 aliphatic heterocycles. The Morgan fingerprint density at radius 3 is 2.49 bits per heavy atom. The lowest BCUT2D eigenvalue weighted by atomic mass is 9.79. The molecule has 3 aromatic rings. The summed E-state index contributed by atoms with van der Waals surface area (Å²) in [5, 5.41) is 9.34. The highest BCUT2D eigenvalue weighted by molar-refractivity contribution is 5.85. The molecule has 0 saturated heterocycles. The quantitative estimate of drug-likeness (QED) is 0.288. The molecule has 4 rings (SSSR count). The van der Waals surface area contributed by atoms with E-state index in [0.717, 1.165) is 53.9 Å². The van der Waals surface area contributed by atoms with Gasteiger partial charge >= 0.3 is 5.97 Å². The molecule has 0 aromatic heterocycles. The highest BCUT2D eigenvalue weighted by atomic mass is 16.5. The van der Waals surface area contributed by atoms with E-state index in [9.17, 15) is 9.90 Å². The van der Waals surface area contributed by atoms with E-state index < -0.39 is 5.97 Å². The monoisotopic (exact) mass is 498 g/mol. The van der Waals surface area contributed by atoms with Crippen molar-refractivity contribution in [2.24, 2.45) is 5.41 Å². The van der Waals surface area contributed by atoms with Crippen LogP contribution in [0.5, 0.6) is 11.5 Å². The number of aliphatic carboxylic acids is 1. The van der Waals surface area contributed by atoms with Crippen LogP contribution in [0.3, 0.4) is 0 Å². The van der Waals surface area contributed by atoms with Crippen LogP contribution in [0.1, 0.15) is 75.5 Å². The summed E-state index contributed by atoms with van der Waals surface area (Å²) in [6.07, 6.45) is 6.53. The fourth-order valence-electron chi connectivity index (χ4n) is 5.38. The van der Waals surface area contributed by atoms with Crippen molar-refractivity contribution in [2.45, 2.75) is 65.4 Å². The lowest BCUT2D eigenvalue weighted by Crippen LogP contribution is -2.10. The molecule has 1 aliphatic rings. The molecule has 3 aromatic carbocycles. The molecule has 4 heteroatoms. The lowest BCUT2D eigenvalue weighted by molar-refractivity contribution is -0.137. The maximum absolute atomic E-state index is 11.4. The van der Waals surface area contributed by atoms with Gasteiger partial charge in [0.15, 0.2) is 0 Å². The lowest BCUT2D eigenvalue weighted by Gasteiger charge is -2.25.